The van der Waals surface area contributed by atoms with Gasteiger partial charge in [-0.15, -0.1) is 0 Å². The number of aromatic amines is 1. The number of anilines is 1. The van der Waals surface area contributed by atoms with Crippen molar-refractivity contribution in [3.8, 4) is 0 Å². The Morgan fingerprint density at radius 2 is 2.05 bits per heavy atom. The zero-order valence-electron chi connectivity index (χ0n) is 11.1. The fourth-order valence-electron chi connectivity index (χ4n) is 2.10. The minimum Gasteiger partial charge on any atom is -0.408 e. The molecule has 3 rings (SSSR count). The van der Waals surface area contributed by atoms with E-state index in [0.29, 0.717) is 22.4 Å². The van der Waals surface area contributed by atoms with Crippen LogP contribution in [-0.2, 0) is 0 Å². The van der Waals surface area contributed by atoms with E-state index in [-0.39, 0.29) is 5.91 Å². The summed E-state index contributed by atoms with van der Waals surface area (Å²) in [6, 6.07) is 10.5. The summed E-state index contributed by atoms with van der Waals surface area (Å²) in [5, 5.41) is 2.79. The molecular weight excluding hydrogens is 336 g/mol. The molecule has 3 aromatic rings. The molecule has 0 bridgehead atoms. The van der Waals surface area contributed by atoms with Crippen LogP contribution in [0.2, 0.25) is 0 Å². The molecular formula is C15H11BrN2O3. The number of aromatic nitrogens is 1. The lowest BCUT2D eigenvalue weighted by Crippen LogP contribution is -2.12. The molecule has 1 amide bonds. The third-order valence-corrected chi connectivity index (χ3v) is 3.44. The van der Waals surface area contributed by atoms with E-state index in [0.717, 1.165) is 10.0 Å². The summed E-state index contributed by atoms with van der Waals surface area (Å²) in [6.45, 7) is 1.92. The number of H-pyrrole nitrogens is 1. The van der Waals surface area contributed by atoms with E-state index in [1.165, 1.54) is 0 Å². The van der Waals surface area contributed by atoms with Crippen LogP contribution in [0.25, 0.3) is 11.1 Å². The molecule has 0 aliphatic rings. The van der Waals surface area contributed by atoms with Gasteiger partial charge in [0.2, 0.25) is 0 Å². The van der Waals surface area contributed by atoms with Gasteiger partial charge in [0.05, 0.1) is 5.52 Å². The van der Waals surface area contributed by atoms with Crippen LogP contribution in [0.5, 0.6) is 0 Å². The molecule has 106 valence electrons. The van der Waals surface area contributed by atoms with Gasteiger partial charge in [0.1, 0.15) is 0 Å². The van der Waals surface area contributed by atoms with Gasteiger partial charge in [-0.1, -0.05) is 15.9 Å². The second-order valence-corrected chi connectivity index (χ2v) is 5.61. The van der Waals surface area contributed by atoms with Gasteiger partial charge in [-0.05, 0) is 48.9 Å². The Hall–Kier alpha value is -2.34. The molecule has 0 aliphatic heterocycles. The summed E-state index contributed by atoms with van der Waals surface area (Å²) in [4.78, 5) is 25.9. The van der Waals surface area contributed by atoms with E-state index >= 15 is 0 Å². The number of rotatable bonds is 2. The number of nitrogens with one attached hydrogen (secondary N) is 2. The van der Waals surface area contributed by atoms with Gasteiger partial charge >= 0.3 is 5.76 Å². The lowest BCUT2D eigenvalue weighted by atomic mass is 10.1. The van der Waals surface area contributed by atoms with Gasteiger partial charge in [-0.25, -0.2) is 4.79 Å². The maximum absolute atomic E-state index is 12.2. The molecule has 0 aliphatic carbocycles. The van der Waals surface area contributed by atoms with E-state index in [4.69, 9.17) is 4.42 Å². The van der Waals surface area contributed by atoms with Crippen molar-refractivity contribution in [3.05, 3.63) is 62.5 Å². The number of hydrogen-bond acceptors (Lipinski definition) is 3. The maximum Gasteiger partial charge on any atom is 0.417 e. The number of carbonyl (C=O) groups excluding carboxylic acids is 1. The maximum atomic E-state index is 12.2. The largest absolute Gasteiger partial charge is 0.417 e. The van der Waals surface area contributed by atoms with Gasteiger partial charge in [0.25, 0.3) is 5.91 Å². The number of fused-ring (bicyclic) bond motifs is 1. The number of aryl methyl sites for hydroxylation is 1. The standard InChI is InChI=1S/C15H11BrN2O3/c1-8-4-9(6-10(16)5-8)14(19)17-11-2-3-13-12(7-11)18-15(20)21-13/h2-7H,1H3,(H,17,19)(H,18,20). The van der Waals surface area contributed by atoms with Crippen molar-refractivity contribution in [1.29, 1.82) is 0 Å². The van der Waals surface area contributed by atoms with Crippen molar-refractivity contribution in [1.82, 2.24) is 4.98 Å². The highest BCUT2D eigenvalue weighted by molar-refractivity contribution is 9.10. The number of halogens is 1. The number of amides is 1. The summed E-state index contributed by atoms with van der Waals surface area (Å²) >= 11 is 3.37. The normalized spacial score (nSPS) is 10.8. The predicted molar refractivity (Wildman–Crippen MR) is 83.7 cm³/mol. The van der Waals surface area contributed by atoms with E-state index < -0.39 is 5.76 Å². The van der Waals surface area contributed by atoms with Crippen LogP contribution in [-0.4, -0.2) is 10.9 Å². The van der Waals surface area contributed by atoms with Crippen LogP contribution in [0.1, 0.15) is 15.9 Å². The molecule has 0 radical (unpaired) electrons. The fourth-order valence-corrected chi connectivity index (χ4v) is 2.71. The van der Waals surface area contributed by atoms with E-state index in [1.54, 1.807) is 30.3 Å². The first-order valence-corrected chi connectivity index (χ1v) is 7.02. The van der Waals surface area contributed by atoms with E-state index in [9.17, 15) is 9.59 Å². The van der Waals surface area contributed by atoms with Crippen LogP contribution in [0.15, 0.2) is 50.1 Å². The van der Waals surface area contributed by atoms with Crippen molar-refractivity contribution < 1.29 is 9.21 Å². The highest BCUT2D eigenvalue weighted by Gasteiger charge is 2.09. The average molecular weight is 347 g/mol. The minimum absolute atomic E-state index is 0.218. The number of carbonyl (C=O) groups is 1. The molecule has 0 saturated carbocycles. The topological polar surface area (TPSA) is 75.1 Å². The predicted octanol–water partition coefficient (Wildman–Crippen LogP) is 3.44. The van der Waals surface area contributed by atoms with Gasteiger partial charge in [-0.2, -0.15) is 0 Å². The van der Waals surface area contributed by atoms with Gasteiger partial charge in [0.15, 0.2) is 5.58 Å². The zero-order valence-corrected chi connectivity index (χ0v) is 12.7. The van der Waals surface area contributed by atoms with Crippen LogP contribution in [0.3, 0.4) is 0 Å². The summed E-state index contributed by atoms with van der Waals surface area (Å²) in [5.74, 6) is -0.735. The third-order valence-electron chi connectivity index (χ3n) is 2.98. The van der Waals surface area contributed by atoms with Crippen molar-refractivity contribution in [2.45, 2.75) is 6.92 Å². The second kappa shape index (κ2) is 5.21. The smallest absolute Gasteiger partial charge is 0.408 e. The summed E-state index contributed by atoms with van der Waals surface area (Å²) in [5.41, 5.74) is 3.13. The average Bonchev–Trinajstić information content (AvgIpc) is 2.77. The van der Waals surface area contributed by atoms with Crippen molar-refractivity contribution in [3.63, 3.8) is 0 Å². The van der Waals surface area contributed by atoms with Crippen molar-refractivity contribution in [2.75, 3.05) is 5.32 Å². The van der Waals surface area contributed by atoms with E-state index in [2.05, 4.69) is 26.2 Å². The molecule has 0 fully saturated rings. The fraction of sp³-hybridized carbons (Fsp3) is 0.0667. The monoisotopic (exact) mass is 346 g/mol. The lowest BCUT2D eigenvalue weighted by molar-refractivity contribution is 0.102. The first-order chi connectivity index (χ1) is 10.0. The Morgan fingerprint density at radius 3 is 2.81 bits per heavy atom. The summed E-state index contributed by atoms with van der Waals surface area (Å²) in [6.07, 6.45) is 0. The SMILES string of the molecule is Cc1cc(Br)cc(C(=O)Nc2ccc3oc(=O)[nH]c3c2)c1. The van der Waals surface area contributed by atoms with E-state index in [1.807, 2.05) is 13.0 Å². The zero-order chi connectivity index (χ0) is 15.0. The Kier molecular flexibility index (Phi) is 3.39. The van der Waals surface area contributed by atoms with Crippen LogP contribution in [0.4, 0.5) is 5.69 Å². The molecule has 2 N–H and O–H groups in total. The molecule has 0 spiro atoms. The molecule has 6 heteroatoms. The van der Waals surface area contributed by atoms with Crippen LogP contribution in [0, 0.1) is 6.92 Å². The first kappa shape index (κ1) is 13.6. The van der Waals surface area contributed by atoms with Gasteiger partial charge < -0.3 is 9.73 Å². The molecule has 2 aromatic carbocycles. The number of hydrogen-bond donors (Lipinski definition) is 2. The Labute approximate surface area is 128 Å². The summed E-state index contributed by atoms with van der Waals surface area (Å²) < 4.78 is 5.76. The first-order valence-electron chi connectivity index (χ1n) is 6.23. The Bertz CT molecular complexity index is 875. The molecule has 5 nitrogen and oxygen atoms in total. The Balaban J connectivity index is 1.90. The Morgan fingerprint density at radius 1 is 1.24 bits per heavy atom. The highest BCUT2D eigenvalue weighted by atomic mass is 79.9. The van der Waals surface area contributed by atoms with Gasteiger partial charge in [-0.3, -0.25) is 9.78 Å². The van der Waals surface area contributed by atoms with Crippen molar-refractivity contribution >= 4 is 38.6 Å². The summed E-state index contributed by atoms with van der Waals surface area (Å²) in [7, 11) is 0. The third kappa shape index (κ3) is 2.90. The van der Waals surface area contributed by atoms with Gasteiger partial charge in [0, 0.05) is 15.7 Å². The van der Waals surface area contributed by atoms with Crippen LogP contribution >= 0.6 is 15.9 Å². The molecule has 1 heterocycles. The highest BCUT2D eigenvalue weighted by Crippen LogP contribution is 2.19. The lowest BCUT2D eigenvalue weighted by Gasteiger charge is -2.06. The second-order valence-electron chi connectivity index (χ2n) is 4.70. The number of oxazole rings is 1. The van der Waals surface area contributed by atoms with Crippen LogP contribution < -0.4 is 11.1 Å². The molecule has 0 unspecified atom stereocenters. The quantitative estimate of drug-likeness (QED) is 0.746. The minimum atomic E-state index is -0.518. The molecule has 0 atom stereocenters. The number of benzene rings is 2. The molecule has 0 saturated heterocycles. The van der Waals surface area contributed by atoms with Crippen molar-refractivity contribution in [2.24, 2.45) is 0 Å². The molecule has 1 aromatic heterocycles. The molecule has 21 heavy (non-hydrogen) atoms.